The molecule has 1 amide bonds. The molecule has 0 spiro atoms. The van der Waals surface area contributed by atoms with Gasteiger partial charge in [0.2, 0.25) is 0 Å². The molecule has 21 heavy (non-hydrogen) atoms. The van der Waals surface area contributed by atoms with Crippen LogP contribution >= 0.6 is 15.9 Å². The molecule has 108 valence electrons. The van der Waals surface area contributed by atoms with E-state index >= 15 is 0 Å². The van der Waals surface area contributed by atoms with E-state index in [0.29, 0.717) is 11.1 Å². The van der Waals surface area contributed by atoms with Gasteiger partial charge in [-0.25, -0.2) is 5.43 Å². The summed E-state index contributed by atoms with van der Waals surface area (Å²) in [5.74, 6) is -0.180. The van der Waals surface area contributed by atoms with E-state index in [4.69, 9.17) is 0 Å². The van der Waals surface area contributed by atoms with Crippen LogP contribution in [0.3, 0.4) is 0 Å². The fourth-order valence-electron chi connectivity index (χ4n) is 1.92. The maximum absolute atomic E-state index is 12.0. The van der Waals surface area contributed by atoms with Gasteiger partial charge in [0.05, 0.1) is 6.21 Å². The first-order valence-corrected chi connectivity index (χ1v) is 7.16. The molecule has 0 aliphatic rings. The van der Waals surface area contributed by atoms with Crippen LogP contribution in [0.25, 0.3) is 0 Å². The number of hydrogen-bond donors (Lipinski definition) is 2. The number of aromatic hydroxyl groups is 1. The Hall–Kier alpha value is -2.14. The van der Waals surface area contributed by atoms with Crippen LogP contribution in [0.4, 0.5) is 0 Å². The van der Waals surface area contributed by atoms with Crippen molar-refractivity contribution in [3.05, 3.63) is 63.1 Å². The van der Waals surface area contributed by atoms with Gasteiger partial charge in [-0.15, -0.1) is 0 Å². The number of aryl methyl sites for hydroxylation is 2. The topological polar surface area (TPSA) is 61.7 Å². The summed E-state index contributed by atoms with van der Waals surface area (Å²) in [6.45, 7) is 3.86. The summed E-state index contributed by atoms with van der Waals surface area (Å²) in [6.07, 6.45) is 1.40. The summed E-state index contributed by atoms with van der Waals surface area (Å²) >= 11 is 3.31. The van der Waals surface area contributed by atoms with E-state index in [1.165, 1.54) is 6.21 Å². The van der Waals surface area contributed by atoms with Crippen LogP contribution in [-0.4, -0.2) is 17.2 Å². The van der Waals surface area contributed by atoms with E-state index in [9.17, 15) is 9.90 Å². The van der Waals surface area contributed by atoms with Crippen LogP contribution in [-0.2, 0) is 0 Å². The molecule has 0 radical (unpaired) electrons. The second kappa shape index (κ2) is 6.54. The van der Waals surface area contributed by atoms with Gasteiger partial charge in [-0.3, -0.25) is 4.79 Å². The zero-order chi connectivity index (χ0) is 15.4. The van der Waals surface area contributed by atoms with E-state index in [-0.39, 0.29) is 11.7 Å². The van der Waals surface area contributed by atoms with E-state index in [2.05, 4.69) is 26.5 Å². The summed E-state index contributed by atoms with van der Waals surface area (Å²) in [5.41, 5.74) is 5.56. The molecule has 0 saturated heterocycles. The number of nitrogens with zero attached hydrogens (tertiary/aromatic N) is 1. The summed E-state index contributed by atoms with van der Waals surface area (Å²) in [6, 6.07) is 10.6. The lowest BCUT2D eigenvalue weighted by Gasteiger charge is -2.05. The third-order valence-corrected chi connectivity index (χ3v) is 3.48. The first-order chi connectivity index (χ1) is 9.97. The molecule has 5 heteroatoms. The Kier molecular flexibility index (Phi) is 4.75. The Morgan fingerprint density at radius 1 is 1.24 bits per heavy atom. The molecule has 2 N–H and O–H groups in total. The normalized spacial score (nSPS) is 10.8. The largest absolute Gasteiger partial charge is 0.507 e. The van der Waals surface area contributed by atoms with Crippen molar-refractivity contribution in [2.45, 2.75) is 13.8 Å². The first-order valence-electron chi connectivity index (χ1n) is 6.36. The van der Waals surface area contributed by atoms with Crippen molar-refractivity contribution in [2.24, 2.45) is 5.10 Å². The smallest absolute Gasteiger partial charge is 0.271 e. The molecular weight excluding hydrogens is 332 g/mol. The van der Waals surface area contributed by atoms with Gasteiger partial charge < -0.3 is 5.11 Å². The van der Waals surface area contributed by atoms with Crippen molar-refractivity contribution >= 4 is 28.1 Å². The molecule has 2 aromatic carbocycles. The summed E-state index contributed by atoms with van der Waals surface area (Å²) in [4.78, 5) is 12.0. The second-order valence-corrected chi connectivity index (χ2v) is 5.64. The molecule has 0 aliphatic carbocycles. The van der Waals surface area contributed by atoms with Gasteiger partial charge in [0.1, 0.15) is 5.75 Å². The van der Waals surface area contributed by atoms with E-state index < -0.39 is 0 Å². The molecule has 0 heterocycles. The predicted octanol–water partition coefficient (Wildman–Crippen LogP) is 3.54. The number of halogens is 1. The standard InChI is InChI=1S/C16H15BrN2O2/c1-10-3-5-14(11(2)7-10)16(21)19-18-9-12-8-13(17)4-6-15(12)20/h3-9,20H,1-2H3,(H,19,21)/b18-9-. The maximum atomic E-state index is 12.0. The molecular formula is C16H15BrN2O2. The average Bonchev–Trinajstić information content (AvgIpc) is 2.42. The first kappa shape index (κ1) is 15.3. The van der Waals surface area contributed by atoms with Gasteiger partial charge in [0.15, 0.2) is 0 Å². The number of carbonyl (C=O) groups excluding carboxylic acids is 1. The quantitative estimate of drug-likeness (QED) is 0.659. The molecule has 0 saturated carbocycles. The van der Waals surface area contributed by atoms with Crippen molar-refractivity contribution in [3.63, 3.8) is 0 Å². The number of rotatable bonds is 3. The fourth-order valence-corrected chi connectivity index (χ4v) is 2.30. The second-order valence-electron chi connectivity index (χ2n) is 4.72. The number of phenolic OH excluding ortho intramolecular Hbond substituents is 1. The van der Waals surface area contributed by atoms with Gasteiger partial charge in [-0.1, -0.05) is 33.6 Å². The van der Waals surface area contributed by atoms with Crippen LogP contribution in [0.2, 0.25) is 0 Å². The minimum Gasteiger partial charge on any atom is -0.507 e. The van der Waals surface area contributed by atoms with E-state index in [1.807, 2.05) is 26.0 Å². The third kappa shape index (κ3) is 3.92. The summed E-state index contributed by atoms with van der Waals surface area (Å²) in [5, 5.41) is 13.5. The van der Waals surface area contributed by atoms with Crippen LogP contribution < -0.4 is 5.43 Å². The fraction of sp³-hybridized carbons (Fsp3) is 0.125. The molecule has 0 bridgehead atoms. The van der Waals surface area contributed by atoms with Crippen molar-refractivity contribution in [3.8, 4) is 5.75 Å². The van der Waals surface area contributed by atoms with Gasteiger partial charge in [-0.05, 0) is 43.7 Å². The summed E-state index contributed by atoms with van der Waals surface area (Å²) < 4.78 is 0.822. The predicted molar refractivity (Wildman–Crippen MR) is 86.8 cm³/mol. The highest BCUT2D eigenvalue weighted by molar-refractivity contribution is 9.10. The Balaban J connectivity index is 2.10. The monoisotopic (exact) mass is 346 g/mol. The maximum Gasteiger partial charge on any atom is 0.271 e. The van der Waals surface area contributed by atoms with Gasteiger partial charge >= 0.3 is 0 Å². The molecule has 0 fully saturated rings. The average molecular weight is 347 g/mol. The number of phenols is 1. The molecule has 0 aliphatic heterocycles. The highest BCUT2D eigenvalue weighted by Gasteiger charge is 2.07. The molecule has 4 nitrogen and oxygen atoms in total. The van der Waals surface area contributed by atoms with E-state index in [1.54, 1.807) is 24.3 Å². The Morgan fingerprint density at radius 2 is 2.00 bits per heavy atom. The number of hydrogen-bond acceptors (Lipinski definition) is 3. The lowest BCUT2D eigenvalue weighted by atomic mass is 10.1. The zero-order valence-electron chi connectivity index (χ0n) is 11.7. The lowest BCUT2D eigenvalue weighted by Crippen LogP contribution is -2.18. The Bertz CT molecular complexity index is 711. The molecule has 0 aromatic heterocycles. The molecule has 2 aromatic rings. The zero-order valence-corrected chi connectivity index (χ0v) is 13.3. The van der Waals surface area contributed by atoms with Gasteiger partial charge in [0.25, 0.3) is 5.91 Å². The van der Waals surface area contributed by atoms with Crippen LogP contribution in [0.15, 0.2) is 46.0 Å². The minimum atomic E-state index is -0.279. The SMILES string of the molecule is Cc1ccc(C(=O)N/N=C\c2cc(Br)ccc2O)c(C)c1. The highest BCUT2D eigenvalue weighted by atomic mass is 79.9. The van der Waals surface area contributed by atoms with Crippen LogP contribution in [0.1, 0.15) is 27.0 Å². The number of benzene rings is 2. The highest BCUT2D eigenvalue weighted by Crippen LogP contribution is 2.20. The number of amides is 1. The third-order valence-electron chi connectivity index (χ3n) is 2.99. The summed E-state index contributed by atoms with van der Waals surface area (Å²) in [7, 11) is 0. The minimum absolute atomic E-state index is 0.0997. The van der Waals surface area contributed by atoms with Gasteiger partial charge in [-0.2, -0.15) is 5.10 Å². The molecule has 0 unspecified atom stereocenters. The lowest BCUT2D eigenvalue weighted by molar-refractivity contribution is 0.0954. The van der Waals surface area contributed by atoms with Crippen molar-refractivity contribution in [2.75, 3.05) is 0 Å². The van der Waals surface area contributed by atoms with Crippen LogP contribution in [0, 0.1) is 13.8 Å². The van der Waals surface area contributed by atoms with Crippen molar-refractivity contribution in [1.29, 1.82) is 0 Å². The molecule has 0 atom stereocenters. The number of nitrogens with one attached hydrogen (secondary N) is 1. The van der Waals surface area contributed by atoms with Crippen molar-refractivity contribution in [1.82, 2.24) is 5.43 Å². The molecule has 2 rings (SSSR count). The Labute approximate surface area is 131 Å². The Morgan fingerprint density at radius 3 is 2.71 bits per heavy atom. The van der Waals surface area contributed by atoms with Crippen molar-refractivity contribution < 1.29 is 9.90 Å². The number of hydrazone groups is 1. The number of carbonyl (C=O) groups is 1. The van der Waals surface area contributed by atoms with Gasteiger partial charge in [0, 0.05) is 15.6 Å². The van der Waals surface area contributed by atoms with E-state index in [0.717, 1.165) is 15.6 Å². The van der Waals surface area contributed by atoms with Crippen LogP contribution in [0.5, 0.6) is 5.75 Å².